The molecule has 0 aliphatic heterocycles. The third kappa shape index (κ3) is 10.6. The van der Waals surface area contributed by atoms with Gasteiger partial charge in [0, 0.05) is 6.54 Å². The lowest BCUT2D eigenvalue weighted by Crippen LogP contribution is -2.12. The molecule has 9 heteroatoms. The van der Waals surface area contributed by atoms with E-state index in [4.69, 9.17) is 18.9 Å². The highest BCUT2D eigenvalue weighted by atomic mass is 16.5. The lowest BCUT2D eigenvalue weighted by atomic mass is 10.1. The first kappa shape index (κ1) is 36.0. The van der Waals surface area contributed by atoms with Crippen molar-refractivity contribution in [2.24, 2.45) is 0 Å². The maximum atomic E-state index is 13.0. The summed E-state index contributed by atoms with van der Waals surface area (Å²) in [4.78, 5) is 36.5. The number of aldehydes is 1. The Morgan fingerprint density at radius 1 is 0.796 bits per heavy atom. The second kappa shape index (κ2) is 17.9. The number of nitrogens with one attached hydrogen (secondary N) is 1. The molecule has 0 aromatic heterocycles. The first-order valence-electron chi connectivity index (χ1n) is 16.1. The summed E-state index contributed by atoms with van der Waals surface area (Å²) < 4.78 is 22.5. The van der Waals surface area contributed by atoms with Crippen molar-refractivity contribution in [1.82, 2.24) is 0 Å². The Morgan fingerprint density at radius 2 is 1.45 bits per heavy atom. The lowest BCUT2D eigenvalue weighted by Gasteiger charge is -2.13. The number of ether oxygens (including phenoxy) is 4. The molecule has 0 saturated carbocycles. The molecule has 4 aromatic rings. The molecule has 0 bridgehead atoms. The molecule has 49 heavy (non-hydrogen) atoms. The van der Waals surface area contributed by atoms with Crippen molar-refractivity contribution in [1.29, 1.82) is 0 Å². The van der Waals surface area contributed by atoms with Crippen LogP contribution in [0.1, 0.15) is 65.8 Å². The smallest absolute Gasteiger partial charge is 0.343 e. The number of unbranched alkanes of at least 4 members (excludes halogenated alkanes) is 3. The van der Waals surface area contributed by atoms with Gasteiger partial charge in [0.2, 0.25) is 0 Å². The molecule has 9 nitrogen and oxygen atoms in total. The van der Waals surface area contributed by atoms with Crippen LogP contribution in [-0.2, 0) is 9.53 Å². The van der Waals surface area contributed by atoms with E-state index in [1.165, 1.54) is 24.3 Å². The Labute approximate surface area is 286 Å². The van der Waals surface area contributed by atoms with Gasteiger partial charge < -0.3 is 29.4 Å². The highest BCUT2D eigenvalue weighted by molar-refractivity contribution is 5.97. The van der Waals surface area contributed by atoms with Gasteiger partial charge in [-0.1, -0.05) is 37.4 Å². The van der Waals surface area contributed by atoms with Crippen LogP contribution in [0.5, 0.6) is 23.0 Å². The second-order valence-electron chi connectivity index (χ2n) is 11.3. The molecule has 0 atom stereocenters. The summed E-state index contributed by atoms with van der Waals surface area (Å²) in [6.45, 7) is 13.2. The van der Waals surface area contributed by atoms with Crippen LogP contribution in [0.25, 0.3) is 16.8 Å². The van der Waals surface area contributed by atoms with E-state index in [1.54, 1.807) is 36.4 Å². The predicted octanol–water partition coefficient (Wildman–Crippen LogP) is 8.67. The van der Waals surface area contributed by atoms with E-state index in [0.717, 1.165) is 53.3 Å². The van der Waals surface area contributed by atoms with E-state index < -0.39 is 17.7 Å². The number of carbonyl (C=O) groups is 3. The van der Waals surface area contributed by atoms with Gasteiger partial charge in [0.05, 0.1) is 30.0 Å². The molecule has 0 aliphatic carbocycles. The summed E-state index contributed by atoms with van der Waals surface area (Å²) in [6, 6.07) is 19.8. The number of phenolic OH excluding ortho intramolecular Hbond substituents is 1. The molecule has 0 fully saturated rings. The number of aromatic hydroxyl groups is 1. The molecule has 4 aromatic carbocycles. The molecule has 0 unspecified atom stereocenters. The van der Waals surface area contributed by atoms with Crippen LogP contribution >= 0.6 is 0 Å². The number of hydrogen-bond donors (Lipinski definition) is 2. The van der Waals surface area contributed by atoms with Crippen LogP contribution in [0.2, 0.25) is 0 Å². The average molecular weight is 664 g/mol. The fraction of sp³-hybridized carbons (Fsp3) is 0.225. The van der Waals surface area contributed by atoms with E-state index in [0.29, 0.717) is 43.1 Å². The fourth-order valence-corrected chi connectivity index (χ4v) is 4.77. The monoisotopic (exact) mass is 663 g/mol. The van der Waals surface area contributed by atoms with Crippen LogP contribution in [0.3, 0.4) is 0 Å². The molecule has 0 aliphatic rings. The molecular weight excluding hydrogens is 622 g/mol. The Balaban J connectivity index is 1.30. The standard InChI is InChI=1S/C40H41NO8/c1-5-41-35-23-29(11-10-20-42)12-18-37(35)48-40(45)33-16-19-38(36(43)26-33)49-39(44)32-14-13-31-25-34(17-15-30(31)24-32)47-22-9-7-6-8-21-46-28(4)27(2)3/h10-20,23-26,41,43H,2,4-9,21-22H2,1,3H3/b11-10+. The van der Waals surface area contributed by atoms with Crippen molar-refractivity contribution in [3.8, 4) is 23.0 Å². The third-order valence-electron chi connectivity index (χ3n) is 7.45. The summed E-state index contributed by atoms with van der Waals surface area (Å²) in [5.41, 5.74) is 2.51. The highest BCUT2D eigenvalue weighted by Crippen LogP contribution is 2.31. The molecule has 0 amide bonds. The third-order valence-corrected chi connectivity index (χ3v) is 7.45. The normalized spacial score (nSPS) is 10.8. The quantitative estimate of drug-likeness (QED) is 0.0205. The maximum absolute atomic E-state index is 13.0. The fourth-order valence-electron chi connectivity index (χ4n) is 4.77. The zero-order chi connectivity index (χ0) is 35.2. The van der Waals surface area contributed by atoms with Crippen molar-refractivity contribution < 1.29 is 38.4 Å². The molecule has 0 spiro atoms. The van der Waals surface area contributed by atoms with Crippen molar-refractivity contribution in [2.45, 2.75) is 39.5 Å². The number of hydrogen-bond acceptors (Lipinski definition) is 9. The minimum Gasteiger partial charge on any atom is -0.504 e. The predicted molar refractivity (Wildman–Crippen MR) is 192 cm³/mol. The Hall–Kier alpha value is -5.83. The molecule has 0 heterocycles. The largest absolute Gasteiger partial charge is 0.504 e. The molecule has 2 N–H and O–H groups in total. The van der Waals surface area contributed by atoms with Gasteiger partial charge in [-0.3, -0.25) is 4.79 Å². The summed E-state index contributed by atoms with van der Waals surface area (Å²) in [7, 11) is 0. The van der Waals surface area contributed by atoms with E-state index >= 15 is 0 Å². The molecule has 0 saturated heterocycles. The van der Waals surface area contributed by atoms with Gasteiger partial charge in [-0.25, -0.2) is 9.59 Å². The van der Waals surface area contributed by atoms with Gasteiger partial charge in [0.1, 0.15) is 17.8 Å². The van der Waals surface area contributed by atoms with E-state index in [-0.39, 0.29) is 17.1 Å². The molecule has 4 rings (SSSR count). The number of anilines is 1. The summed E-state index contributed by atoms with van der Waals surface area (Å²) >= 11 is 0. The zero-order valence-electron chi connectivity index (χ0n) is 27.8. The van der Waals surface area contributed by atoms with Gasteiger partial charge >= 0.3 is 11.9 Å². The number of rotatable bonds is 18. The highest BCUT2D eigenvalue weighted by Gasteiger charge is 2.17. The van der Waals surface area contributed by atoms with Gasteiger partial charge in [-0.05, 0) is 122 Å². The van der Waals surface area contributed by atoms with Gasteiger partial charge in [-0.2, -0.15) is 0 Å². The van der Waals surface area contributed by atoms with Gasteiger partial charge in [0.25, 0.3) is 0 Å². The second-order valence-corrected chi connectivity index (χ2v) is 11.3. The van der Waals surface area contributed by atoms with Crippen molar-refractivity contribution in [3.63, 3.8) is 0 Å². The molecule has 0 radical (unpaired) electrons. The number of carbonyl (C=O) groups excluding carboxylic acids is 3. The first-order chi connectivity index (χ1) is 23.7. The molecule has 254 valence electrons. The van der Waals surface area contributed by atoms with Crippen molar-refractivity contribution in [3.05, 3.63) is 120 Å². The number of allylic oxidation sites excluding steroid dienone is 2. The van der Waals surface area contributed by atoms with Crippen LogP contribution < -0.4 is 19.5 Å². The van der Waals surface area contributed by atoms with E-state index in [1.807, 2.05) is 38.1 Å². The Kier molecular flexibility index (Phi) is 13.2. The average Bonchev–Trinajstić information content (AvgIpc) is 3.09. The van der Waals surface area contributed by atoms with Gasteiger partial charge in [0.15, 0.2) is 17.2 Å². The Bertz CT molecular complexity index is 1860. The number of benzene rings is 4. The van der Waals surface area contributed by atoms with E-state index in [2.05, 4.69) is 18.5 Å². The zero-order valence-corrected chi connectivity index (χ0v) is 27.8. The summed E-state index contributed by atoms with van der Waals surface area (Å²) in [5.74, 6) is -0.216. The number of fused-ring (bicyclic) bond motifs is 1. The Morgan fingerprint density at radius 3 is 2.16 bits per heavy atom. The maximum Gasteiger partial charge on any atom is 0.343 e. The lowest BCUT2D eigenvalue weighted by molar-refractivity contribution is -0.104. The van der Waals surface area contributed by atoms with Crippen LogP contribution in [0.15, 0.2) is 103 Å². The first-order valence-corrected chi connectivity index (χ1v) is 16.1. The van der Waals surface area contributed by atoms with Crippen LogP contribution in [-0.4, -0.2) is 43.1 Å². The van der Waals surface area contributed by atoms with E-state index in [9.17, 15) is 19.5 Å². The minimum absolute atomic E-state index is 0.0592. The number of phenols is 1. The van der Waals surface area contributed by atoms with Crippen LogP contribution in [0, 0.1) is 0 Å². The summed E-state index contributed by atoms with van der Waals surface area (Å²) in [6.07, 6.45) is 7.61. The topological polar surface area (TPSA) is 120 Å². The minimum atomic E-state index is -0.714. The van der Waals surface area contributed by atoms with Crippen LogP contribution in [0.4, 0.5) is 5.69 Å². The SMILES string of the molecule is C=C(C)C(=C)OCCCCCCOc1ccc2cc(C(=O)Oc3ccc(C(=O)Oc4ccc(/C=C/C=O)cc4NCC)cc3O)ccc2c1. The molecular formula is C40H41NO8. The van der Waals surface area contributed by atoms with Gasteiger partial charge in [-0.15, -0.1) is 0 Å². The summed E-state index contributed by atoms with van der Waals surface area (Å²) in [5, 5.41) is 15.4. The van der Waals surface area contributed by atoms with Crippen molar-refractivity contribution >= 4 is 40.8 Å². The number of esters is 2. The van der Waals surface area contributed by atoms with Crippen molar-refractivity contribution in [2.75, 3.05) is 25.1 Å².